The molecule has 1 aromatic carbocycles. The van der Waals surface area contributed by atoms with Crippen molar-refractivity contribution in [2.45, 2.75) is 4.90 Å². The summed E-state index contributed by atoms with van der Waals surface area (Å²) in [4.78, 5) is 3.32. The average Bonchev–Trinajstić information content (AvgIpc) is 2.42. The first-order chi connectivity index (χ1) is 9.44. The number of nitriles is 1. The van der Waals surface area contributed by atoms with E-state index in [1.165, 1.54) is 30.5 Å². The second-order valence-electron chi connectivity index (χ2n) is 3.69. The minimum atomic E-state index is -4.11. The minimum absolute atomic E-state index is 0.143. The normalized spacial score (nSPS) is 10.8. The van der Waals surface area contributed by atoms with Gasteiger partial charge in [-0.05, 0) is 30.3 Å². The van der Waals surface area contributed by atoms with Crippen LogP contribution in [-0.4, -0.2) is 13.4 Å². The highest BCUT2D eigenvalue weighted by Gasteiger charge is 2.20. The average molecular weight is 312 g/mol. The van der Waals surface area contributed by atoms with Gasteiger partial charge in [-0.2, -0.15) is 5.26 Å². The van der Waals surface area contributed by atoms with Crippen LogP contribution in [0.1, 0.15) is 5.69 Å². The lowest BCUT2D eigenvalue weighted by Gasteiger charge is -2.09. The monoisotopic (exact) mass is 311 g/mol. The zero-order valence-electron chi connectivity index (χ0n) is 9.84. The van der Waals surface area contributed by atoms with Crippen molar-refractivity contribution in [2.24, 2.45) is 0 Å². The van der Waals surface area contributed by atoms with Crippen molar-refractivity contribution in [3.63, 3.8) is 0 Å². The number of rotatable bonds is 3. The van der Waals surface area contributed by atoms with Crippen molar-refractivity contribution in [1.82, 2.24) is 4.98 Å². The molecule has 0 radical (unpaired) electrons. The van der Waals surface area contributed by atoms with Crippen molar-refractivity contribution >= 4 is 27.3 Å². The number of hydrogen-bond donors (Lipinski definition) is 1. The Morgan fingerprint density at radius 3 is 2.75 bits per heavy atom. The lowest BCUT2D eigenvalue weighted by atomic mass is 10.3. The van der Waals surface area contributed by atoms with Gasteiger partial charge in [0.15, 0.2) is 5.69 Å². The summed E-state index contributed by atoms with van der Waals surface area (Å²) in [6.45, 7) is 0. The SMILES string of the molecule is N#Cc1ncccc1S(=O)(=O)Nc1ccc(Cl)cc1F. The number of halogens is 2. The third-order valence-electron chi connectivity index (χ3n) is 2.34. The lowest BCUT2D eigenvalue weighted by molar-refractivity contribution is 0.598. The third-order valence-corrected chi connectivity index (χ3v) is 3.97. The van der Waals surface area contributed by atoms with E-state index in [4.69, 9.17) is 16.9 Å². The fraction of sp³-hybridized carbons (Fsp3) is 0. The van der Waals surface area contributed by atoms with Crippen molar-refractivity contribution in [2.75, 3.05) is 4.72 Å². The molecular weight excluding hydrogens is 305 g/mol. The van der Waals surface area contributed by atoms with Crippen LogP contribution in [-0.2, 0) is 10.0 Å². The van der Waals surface area contributed by atoms with Gasteiger partial charge in [-0.3, -0.25) is 4.72 Å². The van der Waals surface area contributed by atoms with Gasteiger partial charge in [0.25, 0.3) is 10.0 Å². The summed E-state index contributed by atoms with van der Waals surface area (Å²) in [5.41, 5.74) is -0.531. The molecule has 0 aliphatic rings. The Morgan fingerprint density at radius 1 is 1.35 bits per heavy atom. The van der Waals surface area contributed by atoms with Crippen LogP contribution in [0.3, 0.4) is 0 Å². The molecule has 0 unspecified atom stereocenters. The largest absolute Gasteiger partial charge is 0.277 e. The maximum atomic E-state index is 13.6. The molecule has 0 spiro atoms. The van der Waals surface area contributed by atoms with Gasteiger partial charge in [0.05, 0.1) is 5.69 Å². The third kappa shape index (κ3) is 2.87. The Labute approximate surface area is 119 Å². The Bertz CT molecular complexity index is 803. The van der Waals surface area contributed by atoms with Crippen molar-refractivity contribution in [3.8, 4) is 6.07 Å². The van der Waals surface area contributed by atoms with Gasteiger partial charge < -0.3 is 0 Å². The highest BCUT2D eigenvalue weighted by Crippen LogP contribution is 2.22. The van der Waals surface area contributed by atoms with Gasteiger partial charge in [-0.25, -0.2) is 17.8 Å². The molecule has 1 heterocycles. The maximum Gasteiger partial charge on any atom is 0.264 e. The van der Waals surface area contributed by atoms with Crippen LogP contribution in [0, 0.1) is 17.1 Å². The first-order valence-corrected chi connectivity index (χ1v) is 7.13. The number of nitrogens with one attached hydrogen (secondary N) is 1. The molecule has 1 N–H and O–H groups in total. The Kier molecular flexibility index (Phi) is 3.88. The molecule has 0 saturated heterocycles. The molecule has 0 aliphatic heterocycles. The number of benzene rings is 1. The maximum absolute atomic E-state index is 13.6. The second-order valence-corrected chi connectivity index (χ2v) is 5.78. The van der Waals surface area contributed by atoms with E-state index in [-0.39, 0.29) is 21.3 Å². The van der Waals surface area contributed by atoms with E-state index in [0.29, 0.717) is 0 Å². The van der Waals surface area contributed by atoms with E-state index in [9.17, 15) is 12.8 Å². The Balaban J connectivity index is 2.44. The molecular formula is C12H7ClFN3O2S. The first-order valence-electron chi connectivity index (χ1n) is 5.27. The molecule has 0 bridgehead atoms. The molecule has 0 aliphatic carbocycles. The van der Waals surface area contributed by atoms with E-state index >= 15 is 0 Å². The molecule has 1 aromatic heterocycles. The highest BCUT2D eigenvalue weighted by atomic mass is 35.5. The van der Waals surface area contributed by atoms with Crippen LogP contribution in [0.5, 0.6) is 0 Å². The molecule has 0 amide bonds. The number of anilines is 1. The van der Waals surface area contributed by atoms with Crippen LogP contribution in [0.25, 0.3) is 0 Å². The van der Waals surface area contributed by atoms with Crippen molar-refractivity contribution < 1.29 is 12.8 Å². The van der Waals surface area contributed by atoms with Gasteiger partial charge in [0.1, 0.15) is 16.8 Å². The fourth-order valence-electron chi connectivity index (χ4n) is 1.46. The molecule has 102 valence electrons. The summed E-state index contributed by atoms with van der Waals surface area (Å²) >= 11 is 5.58. The minimum Gasteiger partial charge on any atom is -0.277 e. The summed E-state index contributed by atoms with van der Waals surface area (Å²) in [6, 6.07) is 7.76. The van der Waals surface area contributed by atoms with Crippen molar-refractivity contribution in [1.29, 1.82) is 5.26 Å². The number of pyridine rings is 1. The quantitative estimate of drug-likeness (QED) is 0.944. The summed E-state index contributed by atoms with van der Waals surface area (Å²) in [6.07, 6.45) is 1.29. The Hall–Kier alpha value is -2.17. The molecule has 0 atom stereocenters. The van der Waals surface area contributed by atoms with Gasteiger partial charge >= 0.3 is 0 Å². The van der Waals surface area contributed by atoms with Crippen LogP contribution in [0.4, 0.5) is 10.1 Å². The van der Waals surface area contributed by atoms with Crippen LogP contribution >= 0.6 is 11.6 Å². The summed E-state index contributed by atoms with van der Waals surface area (Å²) in [5.74, 6) is -0.816. The van der Waals surface area contributed by atoms with E-state index in [2.05, 4.69) is 9.71 Å². The number of aromatic nitrogens is 1. The van der Waals surface area contributed by atoms with Gasteiger partial charge in [0.2, 0.25) is 0 Å². The van der Waals surface area contributed by atoms with Gasteiger partial charge in [0, 0.05) is 11.2 Å². The molecule has 2 rings (SSSR count). The molecule has 0 saturated carbocycles. The van der Waals surface area contributed by atoms with Gasteiger partial charge in [-0.15, -0.1) is 0 Å². The predicted molar refractivity (Wildman–Crippen MR) is 71.2 cm³/mol. The number of nitrogens with zero attached hydrogens (tertiary/aromatic N) is 2. The Morgan fingerprint density at radius 2 is 2.10 bits per heavy atom. The zero-order valence-corrected chi connectivity index (χ0v) is 11.4. The number of hydrogen-bond acceptors (Lipinski definition) is 4. The molecule has 5 nitrogen and oxygen atoms in total. The lowest BCUT2D eigenvalue weighted by Crippen LogP contribution is -2.15. The molecule has 0 fully saturated rings. The standard InChI is InChI=1S/C12H7ClFN3O2S/c13-8-3-4-10(9(14)6-8)17-20(18,19)12-2-1-5-16-11(12)7-15/h1-6,17H. The second kappa shape index (κ2) is 5.45. The van der Waals surface area contributed by atoms with E-state index in [1.54, 1.807) is 6.07 Å². The van der Waals surface area contributed by atoms with E-state index in [1.807, 2.05) is 0 Å². The number of sulfonamides is 1. The van der Waals surface area contributed by atoms with Crippen molar-refractivity contribution in [3.05, 3.63) is 53.1 Å². The smallest absolute Gasteiger partial charge is 0.264 e. The van der Waals surface area contributed by atoms with Crippen LogP contribution < -0.4 is 4.72 Å². The van der Waals surface area contributed by atoms with Crippen LogP contribution in [0.2, 0.25) is 5.02 Å². The van der Waals surface area contributed by atoms with Gasteiger partial charge in [-0.1, -0.05) is 11.6 Å². The molecule has 2 aromatic rings. The van der Waals surface area contributed by atoms with E-state index in [0.717, 1.165) is 6.07 Å². The predicted octanol–water partition coefficient (Wildman–Crippen LogP) is 2.55. The fourth-order valence-corrected chi connectivity index (χ4v) is 2.80. The first kappa shape index (κ1) is 14.2. The summed E-state index contributed by atoms with van der Waals surface area (Å²) in [7, 11) is -4.11. The van der Waals surface area contributed by atoms with Crippen LogP contribution in [0.15, 0.2) is 41.4 Å². The molecule has 20 heavy (non-hydrogen) atoms. The summed E-state index contributed by atoms with van der Waals surface area (Å²) in [5, 5.41) is 8.99. The highest BCUT2D eigenvalue weighted by molar-refractivity contribution is 7.92. The van der Waals surface area contributed by atoms with E-state index < -0.39 is 15.8 Å². The summed E-state index contributed by atoms with van der Waals surface area (Å²) < 4.78 is 39.9. The topological polar surface area (TPSA) is 82.8 Å². The zero-order chi connectivity index (χ0) is 14.8. The molecule has 8 heteroatoms.